The molecule has 1 aromatic heterocycles. The Balaban J connectivity index is 1.99. The SMILES string of the molecule is CSC(C)CNCc1csc2ccccc12. The van der Waals surface area contributed by atoms with Crippen LogP contribution in [0, 0.1) is 0 Å². The first-order valence-electron chi connectivity index (χ1n) is 5.50. The van der Waals surface area contributed by atoms with Crippen molar-refractivity contribution in [1.82, 2.24) is 5.32 Å². The van der Waals surface area contributed by atoms with Crippen LogP contribution in [0.4, 0.5) is 0 Å². The number of hydrogen-bond acceptors (Lipinski definition) is 3. The highest BCUT2D eigenvalue weighted by Crippen LogP contribution is 2.25. The average molecular weight is 251 g/mol. The molecule has 86 valence electrons. The van der Waals surface area contributed by atoms with E-state index in [1.807, 2.05) is 23.1 Å². The summed E-state index contributed by atoms with van der Waals surface area (Å²) in [5.74, 6) is 0. The van der Waals surface area contributed by atoms with Crippen molar-refractivity contribution in [3.05, 3.63) is 35.2 Å². The molecule has 1 unspecified atom stereocenters. The van der Waals surface area contributed by atoms with Gasteiger partial charge in [-0.15, -0.1) is 11.3 Å². The second-order valence-corrected chi connectivity index (χ2v) is 6.12. The van der Waals surface area contributed by atoms with Gasteiger partial charge in [0.2, 0.25) is 0 Å². The van der Waals surface area contributed by atoms with Gasteiger partial charge < -0.3 is 5.32 Å². The van der Waals surface area contributed by atoms with E-state index >= 15 is 0 Å². The molecular formula is C13H17NS2. The van der Waals surface area contributed by atoms with Crippen molar-refractivity contribution in [3.63, 3.8) is 0 Å². The molecular weight excluding hydrogens is 234 g/mol. The van der Waals surface area contributed by atoms with Crippen LogP contribution in [0.25, 0.3) is 10.1 Å². The van der Waals surface area contributed by atoms with E-state index in [1.54, 1.807) is 0 Å². The van der Waals surface area contributed by atoms with Crippen molar-refractivity contribution in [2.75, 3.05) is 12.8 Å². The third-order valence-electron chi connectivity index (χ3n) is 2.71. The van der Waals surface area contributed by atoms with Crippen molar-refractivity contribution in [2.45, 2.75) is 18.7 Å². The zero-order valence-electron chi connectivity index (χ0n) is 9.69. The minimum Gasteiger partial charge on any atom is -0.312 e. The molecule has 0 saturated carbocycles. The molecule has 0 fully saturated rings. The van der Waals surface area contributed by atoms with Crippen LogP contribution in [0.3, 0.4) is 0 Å². The van der Waals surface area contributed by atoms with Crippen LogP contribution < -0.4 is 5.32 Å². The number of nitrogens with one attached hydrogen (secondary N) is 1. The Morgan fingerprint density at radius 1 is 1.38 bits per heavy atom. The molecule has 0 aliphatic rings. The first-order chi connectivity index (χ1) is 7.81. The van der Waals surface area contributed by atoms with Crippen molar-refractivity contribution in [2.24, 2.45) is 0 Å². The number of thiophene rings is 1. The third kappa shape index (κ3) is 2.78. The summed E-state index contributed by atoms with van der Waals surface area (Å²) in [5.41, 5.74) is 1.42. The van der Waals surface area contributed by atoms with Gasteiger partial charge in [-0.05, 0) is 28.7 Å². The standard InChI is InChI=1S/C13H17NS2/c1-10(15-2)7-14-8-11-9-16-13-6-4-3-5-12(11)13/h3-6,9-10,14H,7-8H2,1-2H3. The van der Waals surface area contributed by atoms with Crippen LogP contribution in [-0.2, 0) is 6.54 Å². The molecule has 1 atom stereocenters. The van der Waals surface area contributed by atoms with E-state index in [9.17, 15) is 0 Å². The predicted molar refractivity (Wildman–Crippen MR) is 76.5 cm³/mol. The molecule has 16 heavy (non-hydrogen) atoms. The van der Waals surface area contributed by atoms with Crippen molar-refractivity contribution in [1.29, 1.82) is 0 Å². The molecule has 0 spiro atoms. The summed E-state index contributed by atoms with van der Waals surface area (Å²) < 4.78 is 1.39. The molecule has 1 aromatic carbocycles. The molecule has 0 amide bonds. The van der Waals surface area contributed by atoms with E-state index in [0.717, 1.165) is 13.1 Å². The number of rotatable bonds is 5. The van der Waals surface area contributed by atoms with E-state index in [2.05, 4.69) is 48.1 Å². The highest BCUT2D eigenvalue weighted by Gasteiger charge is 2.03. The molecule has 2 rings (SSSR count). The molecule has 3 heteroatoms. The second-order valence-electron chi connectivity index (χ2n) is 3.93. The van der Waals surface area contributed by atoms with Crippen LogP contribution in [0.2, 0.25) is 0 Å². The molecule has 0 bridgehead atoms. The molecule has 1 N–H and O–H groups in total. The summed E-state index contributed by atoms with van der Waals surface area (Å²) in [5, 5.41) is 7.87. The molecule has 0 aliphatic heterocycles. The molecule has 0 saturated heterocycles. The predicted octanol–water partition coefficient (Wildman–Crippen LogP) is 3.74. The van der Waals surface area contributed by atoms with Crippen molar-refractivity contribution in [3.8, 4) is 0 Å². The van der Waals surface area contributed by atoms with Gasteiger partial charge in [-0.2, -0.15) is 11.8 Å². The van der Waals surface area contributed by atoms with Crippen LogP contribution in [0.15, 0.2) is 29.6 Å². The smallest absolute Gasteiger partial charge is 0.0346 e. The maximum atomic E-state index is 3.52. The van der Waals surface area contributed by atoms with E-state index in [-0.39, 0.29) is 0 Å². The average Bonchev–Trinajstić information content (AvgIpc) is 2.73. The first-order valence-corrected chi connectivity index (χ1v) is 7.66. The Morgan fingerprint density at radius 3 is 3.00 bits per heavy atom. The third-order valence-corrected chi connectivity index (χ3v) is 4.69. The minimum absolute atomic E-state index is 0.685. The van der Waals surface area contributed by atoms with Crippen molar-refractivity contribution >= 4 is 33.2 Å². The normalized spacial score (nSPS) is 13.1. The van der Waals surface area contributed by atoms with Crippen LogP contribution >= 0.6 is 23.1 Å². The summed E-state index contributed by atoms with van der Waals surface area (Å²) in [6, 6.07) is 8.61. The lowest BCUT2D eigenvalue weighted by molar-refractivity contribution is 0.688. The van der Waals surface area contributed by atoms with E-state index in [4.69, 9.17) is 0 Å². The van der Waals surface area contributed by atoms with Crippen LogP contribution in [-0.4, -0.2) is 18.1 Å². The summed E-state index contributed by atoms with van der Waals surface area (Å²) >= 11 is 3.74. The van der Waals surface area contributed by atoms with Gasteiger partial charge in [-0.25, -0.2) is 0 Å². The van der Waals surface area contributed by atoms with Crippen LogP contribution in [0.1, 0.15) is 12.5 Å². The Bertz CT molecular complexity index is 450. The fraction of sp³-hybridized carbons (Fsp3) is 0.385. The zero-order chi connectivity index (χ0) is 11.4. The first kappa shape index (κ1) is 12.0. The van der Waals surface area contributed by atoms with Gasteiger partial charge in [0.1, 0.15) is 0 Å². The zero-order valence-corrected chi connectivity index (χ0v) is 11.3. The molecule has 0 radical (unpaired) electrons. The maximum Gasteiger partial charge on any atom is 0.0346 e. The summed E-state index contributed by atoms with van der Waals surface area (Å²) in [4.78, 5) is 0. The Hall–Kier alpha value is -0.510. The number of benzene rings is 1. The van der Waals surface area contributed by atoms with E-state index in [0.29, 0.717) is 5.25 Å². The van der Waals surface area contributed by atoms with Gasteiger partial charge in [-0.3, -0.25) is 0 Å². The molecule has 1 nitrogen and oxygen atoms in total. The number of hydrogen-bond donors (Lipinski definition) is 1. The Kier molecular flexibility index (Phi) is 4.27. The van der Waals surface area contributed by atoms with E-state index < -0.39 is 0 Å². The lowest BCUT2D eigenvalue weighted by Crippen LogP contribution is -2.21. The fourth-order valence-corrected chi connectivity index (χ4v) is 2.91. The molecule has 0 aliphatic carbocycles. The van der Waals surface area contributed by atoms with Crippen molar-refractivity contribution < 1.29 is 0 Å². The fourth-order valence-electron chi connectivity index (χ4n) is 1.66. The van der Waals surface area contributed by atoms with Gasteiger partial charge in [0.15, 0.2) is 0 Å². The van der Waals surface area contributed by atoms with E-state index in [1.165, 1.54) is 15.6 Å². The highest BCUT2D eigenvalue weighted by atomic mass is 32.2. The largest absolute Gasteiger partial charge is 0.312 e. The second kappa shape index (κ2) is 5.71. The molecule has 2 aromatic rings. The number of thioether (sulfide) groups is 1. The summed E-state index contributed by atoms with van der Waals surface area (Å²) in [6.07, 6.45) is 2.16. The number of fused-ring (bicyclic) bond motifs is 1. The summed E-state index contributed by atoms with van der Waals surface area (Å²) in [6.45, 7) is 4.31. The van der Waals surface area contributed by atoms with Gasteiger partial charge in [0.05, 0.1) is 0 Å². The molecule has 1 heterocycles. The highest BCUT2D eigenvalue weighted by molar-refractivity contribution is 7.99. The topological polar surface area (TPSA) is 12.0 Å². The Labute approximate surface area is 105 Å². The summed E-state index contributed by atoms with van der Waals surface area (Å²) in [7, 11) is 0. The maximum absolute atomic E-state index is 3.52. The lowest BCUT2D eigenvalue weighted by atomic mass is 10.2. The quantitative estimate of drug-likeness (QED) is 0.868. The van der Waals surface area contributed by atoms with Gasteiger partial charge in [-0.1, -0.05) is 25.1 Å². The monoisotopic (exact) mass is 251 g/mol. The lowest BCUT2D eigenvalue weighted by Gasteiger charge is -2.09. The minimum atomic E-state index is 0.685. The van der Waals surface area contributed by atoms with Gasteiger partial charge in [0, 0.05) is 23.0 Å². The Morgan fingerprint density at radius 2 is 2.19 bits per heavy atom. The van der Waals surface area contributed by atoms with Gasteiger partial charge >= 0.3 is 0 Å². The van der Waals surface area contributed by atoms with Crippen LogP contribution in [0.5, 0.6) is 0 Å². The van der Waals surface area contributed by atoms with Gasteiger partial charge in [0.25, 0.3) is 0 Å².